The van der Waals surface area contributed by atoms with Crippen molar-refractivity contribution in [2.24, 2.45) is 0 Å². The highest BCUT2D eigenvalue weighted by Crippen LogP contribution is 2.19. The topological polar surface area (TPSA) is 54.7 Å². The molecule has 0 fully saturated rings. The zero-order valence-corrected chi connectivity index (χ0v) is 7.83. The second-order valence-corrected chi connectivity index (χ2v) is 3.55. The average Bonchev–Trinajstić information content (AvgIpc) is 2.46. The molecule has 2 heterocycles. The predicted molar refractivity (Wildman–Crippen MR) is 54.6 cm³/mol. The third kappa shape index (κ3) is 1.37. The van der Waals surface area contributed by atoms with Crippen molar-refractivity contribution in [1.29, 1.82) is 0 Å². The highest BCUT2D eigenvalue weighted by molar-refractivity contribution is 5.77. The summed E-state index contributed by atoms with van der Waals surface area (Å²) in [6, 6.07) is 5.82. The summed E-state index contributed by atoms with van der Waals surface area (Å²) in [5.41, 5.74) is 8.79. The minimum absolute atomic E-state index is 0.496. The second-order valence-electron chi connectivity index (χ2n) is 3.55. The molecule has 2 aromatic rings. The molecule has 2 rings (SSSR count). The molecule has 0 saturated heterocycles. The molecule has 0 amide bonds. The van der Waals surface area contributed by atoms with Gasteiger partial charge in [0.05, 0.1) is 11.0 Å². The van der Waals surface area contributed by atoms with Gasteiger partial charge in [-0.3, -0.25) is 0 Å². The summed E-state index contributed by atoms with van der Waals surface area (Å²) >= 11 is 0. The van der Waals surface area contributed by atoms with Gasteiger partial charge in [-0.15, -0.1) is 0 Å². The van der Waals surface area contributed by atoms with Crippen molar-refractivity contribution >= 4 is 16.9 Å². The highest BCUT2D eigenvalue weighted by Gasteiger charge is 2.04. The van der Waals surface area contributed by atoms with Crippen LogP contribution in [0.5, 0.6) is 0 Å². The second kappa shape index (κ2) is 2.76. The molecule has 0 aliphatic heterocycles. The fourth-order valence-electron chi connectivity index (χ4n) is 1.36. The third-order valence-corrected chi connectivity index (χ3v) is 2.14. The van der Waals surface area contributed by atoms with E-state index in [0.29, 0.717) is 11.7 Å². The van der Waals surface area contributed by atoms with Crippen LogP contribution in [0.1, 0.15) is 25.5 Å². The van der Waals surface area contributed by atoms with Crippen molar-refractivity contribution in [3.63, 3.8) is 0 Å². The summed E-state index contributed by atoms with van der Waals surface area (Å²) in [5.74, 6) is 1.07. The monoisotopic (exact) mass is 175 g/mol. The fraction of sp³-hybridized carbons (Fsp3) is 0.300. The van der Waals surface area contributed by atoms with Crippen LogP contribution in [0.15, 0.2) is 18.2 Å². The Labute approximate surface area is 77.0 Å². The number of anilines is 1. The van der Waals surface area contributed by atoms with Crippen molar-refractivity contribution in [1.82, 2.24) is 9.97 Å². The maximum absolute atomic E-state index is 5.58. The van der Waals surface area contributed by atoms with E-state index in [1.807, 2.05) is 12.1 Å². The first-order valence-corrected chi connectivity index (χ1v) is 4.42. The van der Waals surface area contributed by atoms with E-state index in [0.717, 1.165) is 11.0 Å². The number of aromatic amines is 1. The number of nitrogens with two attached hydrogens (primary N) is 1. The van der Waals surface area contributed by atoms with Gasteiger partial charge in [-0.2, -0.15) is 0 Å². The molecular weight excluding hydrogens is 162 g/mol. The van der Waals surface area contributed by atoms with E-state index >= 15 is 0 Å². The Morgan fingerprint density at radius 3 is 2.85 bits per heavy atom. The number of nitrogens with one attached hydrogen (secondary N) is 1. The number of rotatable bonds is 1. The molecule has 0 spiro atoms. The van der Waals surface area contributed by atoms with Crippen LogP contribution in [0.4, 0.5) is 5.82 Å². The van der Waals surface area contributed by atoms with Gasteiger partial charge in [0.15, 0.2) is 0 Å². The molecule has 68 valence electrons. The Morgan fingerprint density at radius 2 is 2.15 bits per heavy atom. The summed E-state index contributed by atoms with van der Waals surface area (Å²) in [6.45, 7) is 4.29. The molecule has 3 N–H and O–H groups in total. The van der Waals surface area contributed by atoms with E-state index in [-0.39, 0.29) is 0 Å². The molecule has 0 bridgehead atoms. The Morgan fingerprint density at radius 1 is 1.38 bits per heavy atom. The van der Waals surface area contributed by atoms with E-state index in [1.165, 1.54) is 5.69 Å². The molecule has 0 aliphatic carbocycles. The molecule has 0 unspecified atom stereocenters. The zero-order chi connectivity index (χ0) is 9.42. The SMILES string of the molecule is CC(C)c1cc2nc(N)ccc2[nH]1. The Balaban J connectivity index is 2.62. The molecule has 2 aromatic heterocycles. The first kappa shape index (κ1) is 8.10. The van der Waals surface area contributed by atoms with Crippen LogP contribution in [0.25, 0.3) is 11.0 Å². The van der Waals surface area contributed by atoms with E-state index in [4.69, 9.17) is 5.73 Å². The molecule has 3 heteroatoms. The molecule has 0 aromatic carbocycles. The first-order chi connectivity index (χ1) is 6.16. The van der Waals surface area contributed by atoms with Gasteiger partial charge in [-0.25, -0.2) is 4.98 Å². The van der Waals surface area contributed by atoms with Crippen LogP contribution in [-0.2, 0) is 0 Å². The molecular formula is C10H13N3. The lowest BCUT2D eigenvalue weighted by molar-refractivity contribution is 0.836. The van der Waals surface area contributed by atoms with Gasteiger partial charge < -0.3 is 10.7 Å². The minimum atomic E-state index is 0.496. The van der Waals surface area contributed by atoms with Crippen LogP contribution >= 0.6 is 0 Å². The number of fused-ring (bicyclic) bond motifs is 1. The highest BCUT2D eigenvalue weighted by atomic mass is 14.9. The smallest absolute Gasteiger partial charge is 0.124 e. The number of H-pyrrole nitrogens is 1. The molecule has 0 atom stereocenters. The number of hydrogen-bond acceptors (Lipinski definition) is 2. The van der Waals surface area contributed by atoms with Crippen LogP contribution in [0.2, 0.25) is 0 Å². The fourth-order valence-corrected chi connectivity index (χ4v) is 1.36. The van der Waals surface area contributed by atoms with Crippen LogP contribution in [0, 0.1) is 0 Å². The van der Waals surface area contributed by atoms with E-state index in [2.05, 4.69) is 29.9 Å². The molecule has 3 nitrogen and oxygen atoms in total. The van der Waals surface area contributed by atoms with E-state index in [1.54, 1.807) is 0 Å². The van der Waals surface area contributed by atoms with Gasteiger partial charge in [0, 0.05) is 5.69 Å². The molecule has 0 aliphatic rings. The summed E-state index contributed by atoms with van der Waals surface area (Å²) in [5, 5.41) is 0. The lowest BCUT2D eigenvalue weighted by Crippen LogP contribution is -1.87. The summed E-state index contributed by atoms with van der Waals surface area (Å²) in [7, 11) is 0. The van der Waals surface area contributed by atoms with Crippen LogP contribution < -0.4 is 5.73 Å². The van der Waals surface area contributed by atoms with Crippen LogP contribution in [0.3, 0.4) is 0 Å². The molecule has 0 radical (unpaired) electrons. The van der Waals surface area contributed by atoms with Crippen molar-refractivity contribution in [2.45, 2.75) is 19.8 Å². The van der Waals surface area contributed by atoms with Crippen molar-refractivity contribution in [3.05, 3.63) is 23.9 Å². The Hall–Kier alpha value is -1.51. The van der Waals surface area contributed by atoms with Gasteiger partial charge in [0.25, 0.3) is 0 Å². The van der Waals surface area contributed by atoms with Gasteiger partial charge >= 0.3 is 0 Å². The quantitative estimate of drug-likeness (QED) is 0.698. The number of nitrogens with zero attached hydrogens (tertiary/aromatic N) is 1. The number of hydrogen-bond donors (Lipinski definition) is 2. The lowest BCUT2D eigenvalue weighted by Gasteiger charge is -1.97. The minimum Gasteiger partial charge on any atom is -0.384 e. The average molecular weight is 175 g/mol. The summed E-state index contributed by atoms with van der Waals surface area (Å²) in [4.78, 5) is 7.53. The van der Waals surface area contributed by atoms with E-state index < -0.39 is 0 Å². The van der Waals surface area contributed by atoms with Gasteiger partial charge in [0.1, 0.15) is 5.82 Å². The van der Waals surface area contributed by atoms with Crippen molar-refractivity contribution in [3.8, 4) is 0 Å². The largest absolute Gasteiger partial charge is 0.384 e. The van der Waals surface area contributed by atoms with E-state index in [9.17, 15) is 0 Å². The zero-order valence-electron chi connectivity index (χ0n) is 7.83. The van der Waals surface area contributed by atoms with Crippen molar-refractivity contribution in [2.75, 3.05) is 5.73 Å². The normalized spacial score (nSPS) is 11.3. The van der Waals surface area contributed by atoms with Crippen LogP contribution in [-0.4, -0.2) is 9.97 Å². The number of pyridine rings is 1. The number of aromatic nitrogens is 2. The molecule has 0 saturated carbocycles. The predicted octanol–water partition coefficient (Wildman–Crippen LogP) is 2.27. The molecule has 13 heavy (non-hydrogen) atoms. The first-order valence-electron chi connectivity index (χ1n) is 4.42. The van der Waals surface area contributed by atoms with Gasteiger partial charge in [0.2, 0.25) is 0 Å². The maximum Gasteiger partial charge on any atom is 0.124 e. The Bertz CT molecular complexity index is 429. The van der Waals surface area contributed by atoms with Gasteiger partial charge in [-0.1, -0.05) is 13.8 Å². The lowest BCUT2D eigenvalue weighted by atomic mass is 10.1. The number of nitrogen functional groups attached to an aromatic ring is 1. The maximum atomic E-state index is 5.58. The van der Waals surface area contributed by atoms with Gasteiger partial charge in [-0.05, 0) is 24.1 Å². The third-order valence-electron chi connectivity index (χ3n) is 2.14. The Kier molecular flexibility index (Phi) is 1.72. The summed E-state index contributed by atoms with van der Waals surface area (Å²) < 4.78 is 0. The van der Waals surface area contributed by atoms with Crippen molar-refractivity contribution < 1.29 is 0 Å². The standard InChI is InChI=1S/C10H13N3/c1-6(2)8-5-9-7(12-8)3-4-10(11)13-9/h3-6,12H,1-2H3,(H2,11,13). The summed E-state index contributed by atoms with van der Waals surface area (Å²) in [6.07, 6.45) is 0.